The monoisotopic (exact) mass is 276 g/mol. The average molecular weight is 276 g/mol. The average Bonchev–Trinajstić information content (AvgIpc) is 3.10. The van der Waals surface area contributed by atoms with Crippen LogP contribution in [0.1, 0.15) is 12.8 Å². The van der Waals surface area contributed by atoms with Crippen LogP contribution in [0.4, 0.5) is 11.4 Å². The van der Waals surface area contributed by atoms with E-state index in [1.54, 1.807) is 29.2 Å². The van der Waals surface area contributed by atoms with Gasteiger partial charge in [-0.2, -0.15) is 0 Å². The fourth-order valence-electron chi connectivity index (χ4n) is 1.74. The molecule has 20 heavy (non-hydrogen) atoms. The summed E-state index contributed by atoms with van der Waals surface area (Å²) in [7, 11) is 3.66. The van der Waals surface area contributed by atoms with Crippen LogP contribution in [0.15, 0.2) is 24.3 Å². The summed E-state index contributed by atoms with van der Waals surface area (Å²) >= 11 is 0. The Balaban J connectivity index is 1.89. The third kappa shape index (κ3) is 3.79. The van der Waals surface area contributed by atoms with Gasteiger partial charge < -0.3 is 21.3 Å². The number of nitrogens with two attached hydrogens (primary N) is 1. The van der Waals surface area contributed by atoms with Crippen LogP contribution in [-0.4, -0.2) is 42.9 Å². The molecule has 4 N–H and O–H groups in total. The van der Waals surface area contributed by atoms with Gasteiger partial charge in [-0.25, -0.2) is 0 Å². The SMILES string of the molecule is CN(C)CC(=O)Nc1ccc(NC(=O)C2(N)CC2)cc1. The second-order valence-electron chi connectivity index (χ2n) is 5.47. The van der Waals surface area contributed by atoms with Gasteiger partial charge in [-0.15, -0.1) is 0 Å². The highest BCUT2D eigenvalue weighted by Gasteiger charge is 2.45. The van der Waals surface area contributed by atoms with Gasteiger partial charge in [-0.3, -0.25) is 9.59 Å². The lowest BCUT2D eigenvalue weighted by Crippen LogP contribution is -2.37. The minimum atomic E-state index is -0.682. The van der Waals surface area contributed by atoms with Crippen LogP contribution in [-0.2, 0) is 9.59 Å². The molecule has 2 rings (SSSR count). The van der Waals surface area contributed by atoms with E-state index in [1.165, 1.54) is 0 Å². The van der Waals surface area contributed by atoms with Crippen molar-refractivity contribution >= 4 is 23.2 Å². The van der Waals surface area contributed by atoms with Crippen molar-refractivity contribution in [3.8, 4) is 0 Å². The first-order valence-electron chi connectivity index (χ1n) is 6.54. The number of benzene rings is 1. The molecule has 1 saturated carbocycles. The number of carbonyl (C=O) groups excluding carboxylic acids is 2. The Kier molecular flexibility index (Phi) is 4.06. The van der Waals surface area contributed by atoms with Crippen LogP contribution in [0.5, 0.6) is 0 Å². The zero-order valence-corrected chi connectivity index (χ0v) is 11.8. The molecule has 0 radical (unpaired) electrons. The van der Waals surface area contributed by atoms with Crippen molar-refractivity contribution in [1.82, 2.24) is 4.90 Å². The molecule has 1 aliphatic carbocycles. The topological polar surface area (TPSA) is 87.5 Å². The van der Waals surface area contributed by atoms with Crippen molar-refractivity contribution < 1.29 is 9.59 Å². The smallest absolute Gasteiger partial charge is 0.244 e. The summed E-state index contributed by atoms with van der Waals surface area (Å²) < 4.78 is 0. The zero-order chi connectivity index (χ0) is 14.8. The van der Waals surface area contributed by atoms with Gasteiger partial charge in [0.25, 0.3) is 0 Å². The third-order valence-corrected chi connectivity index (χ3v) is 3.13. The summed E-state index contributed by atoms with van der Waals surface area (Å²) in [6, 6.07) is 6.99. The van der Waals surface area contributed by atoms with E-state index in [0.29, 0.717) is 17.9 Å². The van der Waals surface area contributed by atoms with Gasteiger partial charge in [0.2, 0.25) is 11.8 Å². The van der Waals surface area contributed by atoms with Crippen molar-refractivity contribution in [1.29, 1.82) is 0 Å². The lowest BCUT2D eigenvalue weighted by molar-refractivity contribution is -0.118. The van der Waals surface area contributed by atoms with E-state index in [-0.39, 0.29) is 11.8 Å². The van der Waals surface area contributed by atoms with Crippen molar-refractivity contribution in [2.45, 2.75) is 18.4 Å². The number of likely N-dealkylation sites (N-methyl/N-ethyl adjacent to an activating group) is 1. The molecule has 0 spiro atoms. The molecule has 0 atom stereocenters. The molecule has 6 heteroatoms. The number of anilines is 2. The van der Waals surface area contributed by atoms with Gasteiger partial charge in [0.15, 0.2) is 0 Å². The standard InChI is InChI=1S/C14H20N4O2/c1-18(2)9-12(19)16-10-3-5-11(6-4-10)17-13(20)14(15)7-8-14/h3-6H,7-9,15H2,1-2H3,(H,16,19)(H,17,20). The number of rotatable bonds is 5. The highest BCUT2D eigenvalue weighted by atomic mass is 16.2. The zero-order valence-electron chi connectivity index (χ0n) is 11.8. The van der Waals surface area contributed by atoms with Crippen LogP contribution in [0.3, 0.4) is 0 Å². The van der Waals surface area contributed by atoms with Gasteiger partial charge in [0, 0.05) is 11.4 Å². The molecule has 0 aromatic heterocycles. The van der Waals surface area contributed by atoms with E-state index in [0.717, 1.165) is 12.8 Å². The summed E-state index contributed by atoms with van der Waals surface area (Å²) in [5, 5.41) is 5.55. The van der Waals surface area contributed by atoms with Crippen LogP contribution >= 0.6 is 0 Å². The summed E-state index contributed by atoms with van der Waals surface area (Å²) in [6.45, 7) is 0.328. The summed E-state index contributed by atoms with van der Waals surface area (Å²) in [6.07, 6.45) is 1.47. The Morgan fingerprint density at radius 2 is 1.65 bits per heavy atom. The summed E-state index contributed by atoms with van der Waals surface area (Å²) in [5.74, 6) is -0.229. The number of carbonyl (C=O) groups is 2. The molecular weight excluding hydrogens is 256 g/mol. The van der Waals surface area contributed by atoms with E-state index in [1.807, 2.05) is 14.1 Å². The Hall–Kier alpha value is -1.92. The van der Waals surface area contributed by atoms with Crippen LogP contribution < -0.4 is 16.4 Å². The second-order valence-corrected chi connectivity index (χ2v) is 5.47. The molecule has 0 saturated heterocycles. The van der Waals surface area contributed by atoms with E-state index in [4.69, 9.17) is 5.73 Å². The molecule has 1 fully saturated rings. The van der Waals surface area contributed by atoms with Crippen LogP contribution in [0.2, 0.25) is 0 Å². The molecule has 0 unspecified atom stereocenters. The number of hydrogen-bond acceptors (Lipinski definition) is 4. The first-order valence-corrected chi connectivity index (χ1v) is 6.54. The summed E-state index contributed by atoms with van der Waals surface area (Å²) in [4.78, 5) is 25.1. The Bertz CT molecular complexity index is 506. The van der Waals surface area contributed by atoms with E-state index >= 15 is 0 Å². The van der Waals surface area contributed by atoms with Crippen molar-refractivity contribution in [3.05, 3.63) is 24.3 Å². The Labute approximate surface area is 118 Å². The molecule has 1 aromatic carbocycles. The predicted octanol–water partition coefficient (Wildman–Crippen LogP) is 0.616. The van der Waals surface area contributed by atoms with Gasteiger partial charge in [0.05, 0.1) is 12.1 Å². The molecule has 2 amide bonds. The second kappa shape index (κ2) is 5.60. The maximum atomic E-state index is 11.8. The normalized spacial score (nSPS) is 15.8. The maximum absolute atomic E-state index is 11.8. The van der Waals surface area contributed by atoms with E-state index < -0.39 is 5.54 Å². The van der Waals surface area contributed by atoms with Gasteiger partial charge >= 0.3 is 0 Å². The molecular formula is C14H20N4O2. The van der Waals surface area contributed by atoms with Crippen LogP contribution in [0, 0.1) is 0 Å². The number of nitrogens with zero attached hydrogens (tertiary/aromatic N) is 1. The first-order chi connectivity index (χ1) is 9.39. The predicted molar refractivity (Wildman–Crippen MR) is 78.4 cm³/mol. The van der Waals surface area contributed by atoms with E-state index in [9.17, 15) is 9.59 Å². The first kappa shape index (κ1) is 14.5. The lowest BCUT2D eigenvalue weighted by Gasteiger charge is -2.12. The highest BCUT2D eigenvalue weighted by Crippen LogP contribution is 2.33. The van der Waals surface area contributed by atoms with Crippen LogP contribution in [0.25, 0.3) is 0 Å². The van der Waals surface area contributed by atoms with Gasteiger partial charge in [-0.1, -0.05) is 0 Å². The minimum Gasteiger partial charge on any atom is -0.325 e. The lowest BCUT2D eigenvalue weighted by atomic mass is 10.2. The van der Waals surface area contributed by atoms with Crippen molar-refractivity contribution in [2.75, 3.05) is 31.3 Å². The number of nitrogens with one attached hydrogen (secondary N) is 2. The Morgan fingerprint density at radius 3 is 2.10 bits per heavy atom. The van der Waals surface area contributed by atoms with Gasteiger partial charge in [-0.05, 0) is 51.2 Å². The maximum Gasteiger partial charge on any atom is 0.244 e. The molecule has 1 aliphatic rings. The highest BCUT2D eigenvalue weighted by molar-refractivity contribution is 6.00. The fourth-order valence-corrected chi connectivity index (χ4v) is 1.74. The molecule has 1 aromatic rings. The molecule has 0 bridgehead atoms. The van der Waals surface area contributed by atoms with Crippen molar-refractivity contribution in [2.24, 2.45) is 5.73 Å². The fraction of sp³-hybridized carbons (Fsp3) is 0.429. The minimum absolute atomic E-state index is 0.0781. The Morgan fingerprint density at radius 1 is 1.15 bits per heavy atom. The molecule has 6 nitrogen and oxygen atoms in total. The molecule has 0 aliphatic heterocycles. The molecule has 108 valence electrons. The summed E-state index contributed by atoms with van der Waals surface area (Å²) in [5.41, 5.74) is 6.50. The largest absolute Gasteiger partial charge is 0.325 e. The number of amides is 2. The van der Waals surface area contributed by atoms with Gasteiger partial charge in [0.1, 0.15) is 0 Å². The third-order valence-electron chi connectivity index (χ3n) is 3.13. The van der Waals surface area contributed by atoms with Crippen molar-refractivity contribution in [3.63, 3.8) is 0 Å². The molecule has 0 heterocycles. The number of hydrogen-bond donors (Lipinski definition) is 3. The van der Waals surface area contributed by atoms with E-state index in [2.05, 4.69) is 10.6 Å². The quantitative estimate of drug-likeness (QED) is 0.735.